The second-order valence-corrected chi connectivity index (χ2v) is 27.8. The number of guanidine groups is 1. The standard InChI is InChI=1S/C70H110N20O22S/c1-36(2)28-47(66(109)82-43(57(74)100)23-27-113-5)81-53(93)34-78-61(104)48(30-40-19-21-41(92)22-20-40)87-67(110)49(29-39-14-7-6-8-15-39)88-64(107)45(17-10-12-25-72)84-63(106)44(16-9-11-24-71)83-58(101)37(3)79-62(105)46(18-13-26-77-70(75)76)85-68(111)51(33-56(98)99)89-69(112)52(35-91)90-59(102)38(4)80-65(108)50(32-55(96)97)86-60(103)42(73)31-54(94)95/h6-8,14-15,19-22,36-38,42-52,91-92H,9-13,16-18,23-35,71-73H2,1-5H3,(H2,74,100)(H,78,104)(H,79,105)(H,80,108)(H,81,93)(H,82,109)(H,83,101)(H,84,106)(H,85,111)(H,86,103)(H,87,110)(H,88,107)(H,89,112)(H,90,102)(H,94,95)(H,96,97)(H,98,99)(H4,75,76,77). The maximum Gasteiger partial charge on any atom is 0.305 e. The minimum absolute atomic E-state index is 0.0738. The summed E-state index contributed by atoms with van der Waals surface area (Å²) in [7, 11) is 0. The summed E-state index contributed by atoms with van der Waals surface area (Å²) in [6.45, 7) is 4.03. The highest BCUT2D eigenvalue weighted by Gasteiger charge is 2.37. The Morgan fingerprint density at radius 1 is 0.425 bits per heavy atom. The molecule has 0 heterocycles. The summed E-state index contributed by atoms with van der Waals surface area (Å²) in [5.74, 6) is -19.5. The smallest absolute Gasteiger partial charge is 0.305 e. The SMILES string of the molecule is CSCCC(NC(=O)C(CC(C)C)NC(=O)CNC(=O)C(Cc1ccc(O)cc1)NC(=O)C(Cc1ccccc1)NC(=O)C(CCCCN)NC(=O)C(CCCCN)NC(=O)C(C)NC(=O)C(CCCN=C(N)N)NC(=O)C(CC(=O)O)NC(=O)C(CO)NC(=O)C(C)NC(=O)C(CC(=O)O)NC(=O)C(N)CC(=O)O)C(N)=O. The van der Waals surface area contributed by atoms with Gasteiger partial charge in [0.25, 0.3) is 0 Å². The van der Waals surface area contributed by atoms with Crippen molar-refractivity contribution < 1.29 is 107 Å². The van der Waals surface area contributed by atoms with Crippen molar-refractivity contribution in [1.29, 1.82) is 0 Å². The van der Waals surface area contributed by atoms with Crippen LogP contribution in [-0.2, 0) is 94.3 Å². The monoisotopic (exact) mass is 1610 g/mol. The average molecular weight is 1620 g/mol. The third-order valence-electron chi connectivity index (χ3n) is 16.8. The number of carbonyl (C=O) groups is 17. The van der Waals surface area contributed by atoms with Gasteiger partial charge in [-0.15, -0.1) is 0 Å². The van der Waals surface area contributed by atoms with E-state index in [2.05, 4.69) is 68.8 Å². The van der Waals surface area contributed by atoms with E-state index in [-0.39, 0.29) is 101 Å². The van der Waals surface area contributed by atoms with Crippen LogP contribution in [0.3, 0.4) is 0 Å². The van der Waals surface area contributed by atoms with Gasteiger partial charge in [-0.1, -0.05) is 56.3 Å². The van der Waals surface area contributed by atoms with Crippen molar-refractivity contribution in [2.24, 2.45) is 45.3 Å². The third kappa shape index (κ3) is 38.9. The van der Waals surface area contributed by atoms with E-state index >= 15 is 0 Å². The molecule has 13 atom stereocenters. The number of aliphatic hydroxyl groups is 1. The lowest BCUT2D eigenvalue weighted by atomic mass is 10.0. The van der Waals surface area contributed by atoms with Crippen molar-refractivity contribution in [3.05, 3.63) is 65.7 Å². The molecule has 0 aliphatic rings. The van der Waals surface area contributed by atoms with Crippen molar-refractivity contribution in [2.75, 3.05) is 44.8 Å². The number of thioether (sulfide) groups is 1. The van der Waals surface area contributed by atoms with E-state index in [0.717, 1.165) is 6.92 Å². The van der Waals surface area contributed by atoms with E-state index in [0.29, 0.717) is 29.7 Å². The first-order valence-electron chi connectivity index (χ1n) is 36.3. The molecule has 0 spiro atoms. The predicted octanol–water partition coefficient (Wildman–Crippen LogP) is -7.51. The zero-order chi connectivity index (χ0) is 85.0. The van der Waals surface area contributed by atoms with Gasteiger partial charge in [0.05, 0.1) is 38.5 Å². The normalized spacial score (nSPS) is 14.4. The van der Waals surface area contributed by atoms with Gasteiger partial charge >= 0.3 is 17.9 Å². The highest BCUT2D eigenvalue weighted by atomic mass is 32.2. The number of nitrogens with two attached hydrogens (primary N) is 6. The molecular formula is C70H110N20O22S. The topological polar surface area (TPSA) is 716 Å². The molecule has 43 heteroatoms. The molecule has 0 fully saturated rings. The number of nitrogens with one attached hydrogen (secondary N) is 13. The van der Waals surface area contributed by atoms with Crippen LogP contribution in [0.5, 0.6) is 5.75 Å². The van der Waals surface area contributed by atoms with E-state index in [1.54, 1.807) is 44.2 Å². The number of aliphatic imine (C=N–C) groups is 1. The molecule has 30 N–H and O–H groups in total. The number of aromatic hydroxyl groups is 1. The van der Waals surface area contributed by atoms with Gasteiger partial charge in [-0.3, -0.25) is 86.5 Å². The number of aliphatic carboxylic acids is 3. The summed E-state index contributed by atoms with van der Waals surface area (Å²) in [6.07, 6.45) is -0.933. The van der Waals surface area contributed by atoms with Crippen molar-refractivity contribution in [3.8, 4) is 5.75 Å². The summed E-state index contributed by atoms with van der Waals surface area (Å²) >= 11 is 1.43. The van der Waals surface area contributed by atoms with E-state index in [4.69, 9.17) is 39.5 Å². The van der Waals surface area contributed by atoms with E-state index in [9.17, 15) is 102 Å². The van der Waals surface area contributed by atoms with Gasteiger partial charge in [-0.2, -0.15) is 11.8 Å². The molecule has 113 heavy (non-hydrogen) atoms. The number of hydrogen-bond acceptors (Lipinski definition) is 24. The molecule has 0 aromatic heterocycles. The first kappa shape index (κ1) is 97.8. The molecule has 2 aromatic carbocycles. The van der Waals surface area contributed by atoms with Crippen LogP contribution in [0.4, 0.5) is 0 Å². The number of carbonyl (C=O) groups excluding carboxylic acids is 14. The molecule has 0 aliphatic heterocycles. The predicted molar refractivity (Wildman–Crippen MR) is 409 cm³/mol. The van der Waals surface area contributed by atoms with Gasteiger partial charge in [-0.25, -0.2) is 0 Å². The fourth-order valence-electron chi connectivity index (χ4n) is 10.7. The van der Waals surface area contributed by atoms with Crippen LogP contribution in [0, 0.1) is 5.92 Å². The summed E-state index contributed by atoms with van der Waals surface area (Å²) in [5, 5.41) is 79.6. The Morgan fingerprint density at radius 2 is 0.814 bits per heavy atom. The van der Waals surface area contributed by atoms with Crippen LogP contribution >= 0.6 is 11.8 Å². The number of hydrogen-bond donors (Lipinski definition) is 24. The van der Waals surface area contributed by atoms with Crippen molar-refractivity contribution in [3.63, 3.8) is 0 Å². The Hall–Kier alpha value is -11.3. The highest BCUT2D eigenvalue weighted by Crippen LogP contribution is 2.15. The first-order chi connectivity index (χ1) is 53.3. The number of unbranched alkanes of at least 4 members (excludes halogenated alkanes) is 2. The van der Waals surface area contributed by atoms with E-state index in [1.165, 1.54) is 43.0 Å². The average Bonchev–Trinajstić information content (AvgIpc) is 0.839. The zero-order valence-corrected chi connectivity index (χ0v) is 64.4. The molecule has 0 radical (unpaired) electrons. The Morgan fingerprint density at radius 3 is 1.27 bits per heavy atom. The molecule has 2 aromatic rings. The second-order valence-electron chi connectivity index (χ2n) is 26.8. The van der Waals surface area contributed by atoms with E-state index < -0.39 is 212 Å². The number of phenolic OH excluding ortho intramolecular Hbond substituents is 1. The zero-order valence-electron chi connectivity index (χ0n) is 63.6. The van der Waals surface area contributed by atoms with Crippen molar-refractivity contribution in [2.45, 2.75) is 203 Å². The minimum Gasteiger partial charge on any atom is -0.508 e. The number of primary amides is 1. The third-order valence-corrected chi connectivity index (χ3v) is 17.4. The molecule has 0 aliphatic carbocycles. The number of carboxylic acid groups (broad SMARTS) is 3. The Balaban J connectivity index is 2.49. The summed E-state index contributed by atoms with van der Waals surface area (Å²) in [4.78, 5) is 231. The van der Waals surface area contributed by atoms with Crippen LogP contribution < -0.4 is 104 Å². The molecule has 14 amide bonds. The molecule has 0 bridgehead atoms. The summed E-state index contributed by atoms with van der Waals surface area (Å²) in [5.41, 5.74) is 34.6. The number of phenols is 1. The van der Waals surface area contributed by atoms with Gasteiger partial charge in [-0.05, 0) is 132 Å². The summed E-state index contributed by atoms with van der Waals surface area (Å²) in [6, 6.07) is -6.75. The second kappa shape index (κ2) is 52.0. The van der Waals surface area contributed by atoms with Gasteiger partial charge in [0, 0.05) is 19.4 Å². The Labute approximate surface area is 656 Å². The van der Waals surface area contributed by atoms with Crippen molar-refractivity contribution >= 4 is 118 Å². The number of amides is 14. The van der Waals surface area contributed by atoms with Crippen molar-refractivity contribution in [1.82, 2.24) is 69.1 Å². The number of nitrogens with zero attached hydrogens (tertiary/aromatic N) is 1. The number of carboxylic acids is 3. The maximum absolute atomic E-state index is 14.8. The molecule has 13 unspecified atom stereocenters. The van der Waals surface area contributed by atoms with E-state index in [1.807, 2.05) is 11.6 Å². The van der Waals surface area contributed by atoms with Crippen LogP contribution in [0.2, 0.25) is 0 Å². The van der Waals surface area contributed by atoms with Crippen LogP contribution in [-0.4, -0.2) is 255 Å². The lowest BCUT2D eigenvalue weighted by molar-refractivity contribution is -0.142. The first-order valence-corrected chi connectivity index (χ1v) is 37.7. The van der Waals surface area contributed by atoms with Gasteiger partial charge < -0.3 is 129 Å². The molecule has 42 nitrogen and oxygen atoms in total. The van der Waals surface area contributed by atoms with Crippen LogP contribution in [0.15, 0.2) is 59.6 Å². The lowest BCUT2D eigenvalue weighted by Crippen LogP contribution is -2.61. The largest absolute Gasteiger partial charge is 0.508 e. The molecule has 2 rings (SSSR count). The van der Waals surface area contributed by atoms with Gasteiger partial charge in [0.15, 0.2) is 5.96 Å². The Kier molecular flexibility index (Phi) is 45.0. The lowest BCUT2D eigenvalue weighted by Gasteiger charge is -2.28. The van der Waals surface area contributed by atoms with Crippen LogP contribution in [0.1, 0.15) is 122 Å². The van der Waals surface area contributed by atoms with Gasteiger partial charge in [0.2, 0.25) is 82.7 Å². The maximum atomic E-state index is 14.8. The quantitative estimate of drug-likeness (QED) is 0.0166. The number of rotatable bonds is 55. The summed E-state index contributed by atoms with van der Waals surface area (Å²) < 4.78 is 0. The van der Waals surface area contributed by atoms with Gasteiger partial charge in [0.1, 0.15) is 78.3 Å². The molecular weight excluding hydrogens is 1500 g/mol. The molecule has 628 valence electrons. The number of benzene rings is 2. The van der Waals surface area contributed by atoms with Crippen LogP contribution in [0.25, 0.3) is 0 Å². The molecule has 0 saturated heterocycles. The molecule has 0 saturated carbocycles. The fraction of sp³-hybridized carbons (Fsp3) is 0.571. The minimum atomic E-state index is -2.09. The highest BCUT2D eigenvalue weighted by molar-refractivity contribution is 7.98. The number of aliphatic hydroxyl groups excluding tert-OH is 1. The Bertz CT molecular complexity index is 3580. The fourth-order valence-corrected chi connectivity index (χ4v) is 11.2.